The highest BCUT2D eigenvalue weighted by atomic mass is 32.1. The van der Waals surface area contributed by atoms with E-state index in [1.165, 1.54) is 0 Å². The van der Waals surface area contributed by atoms with Crippen molar-refractivity contribution in [2.24, 2.45) is 0 Å². The second-order valence-corrected chi connectivity index (χ2v) is 2.79. The molecule has 0 aromatic heterocycles. The summed E-state index contributed by atoms with van der Waals surface area (Å²) in [6.07, 6.45) is 5.07. The van der Waals surface area contributed by atoms with Gasteiger partial charge in [-0.1, -0.05) is 24.1 Å². The summed E-state index contributed by atoms with van der Waals surface area (Å²) < 4.78 is 0. The van der Waals surface area contributed by atoms with Gasteiger partial charge in [-0.05, 0) is 24.4 Å². The van der Waals surface area contributed by atoms with Crippen molar-refractivity contribution >= 4 is 23.0 Å². The first kappa shape index (κ1) is 9.56. The van der Waals surface area contributed by atoms with Crippen LogP contribution < -0.4 is 10.6 Å². The van der Waals surface area contributed by atoms with Crippen LogP contribution in [0.25, 0.3) is 0 Å². The van der Waals surface area contributed by atoms with E-state index >= 15 is 0 Å². The van der Waals surface area contributed by atoms with Gasteiger partial charge in [0.25, 0.3) is 0 Å². The Morgan fingerprint density at radius 2 is 2.08 bits per heavy atom. The molecule has 0 fully saturated rings. The number of para-hydroxylation sites is 1. The minimum atomic E-state index is 0.443. The minimum absolute atomic E-state index is 0.443. The van der Waals surface area contributed by atoms with Crippen molar-refractivity contribution in [2.45, 2.75) is 0 Å². The van der Waals surface area contributed by atoms with Crippen LogP contribution in [0.1, 0.15) is 0 Å². The quantitative estimate of drug-likeness (QED) is 0.547. The predicted octanol–water partition coefficient (Wildman–Crippen LogP) is 1.61. The summed E-state index contributed by atoms with van der Waals surface area (Å²) in [5.41, 5.74) is 0.956. The fraction of sp³-hybridized carbons (Fsp3) is 0.100. The summed E-state index contributed by atoms with van der Waals surface area (Å²) >= 11 is 4.98. The Kier molecular flexibility index (Phi) is 3.80. The number of nitrogens with one attached hydrogen (secondary N) is 2. The van der Waals surface area contributed by atoms with Gasteiger partial charge in [0.05, 0.1) is 6.54 Å². The summed E-state index contributed by atoms with van der Waals surface area (Å²) in [6, 6.07) is 9.69. The van der Waals surface area contributed by atoms with E-state index in [1.54, 1.807) is 0 Å². The highest BCUT2D eigenvalue weighted by Crippen LogP contribution is 2.03. The molecule has 0 heterocycles. The molecule has 0 spiro atoms. The highest BCUT2D eigenvalue weighted by molar-refractivity contribution is 7.80. The highest BCUT2D eigenvalue weighted by Gasteiger charge is 1.93. The zero-order chi connectivity index (χ0) is 9.52. The maximum absolute atomic E-state index is 5.07. The number of terminal acetylenes is 1. The number of thiocarbonyl (C=S) groups is 1. The normalized spacial score (nSPS) is 8.54. The molecule has 0 bridgehead atoms. The molecule has 0 aliphatic heterocycles. The van der Waals surface area contributed by atoms with Crippen LogP contribution in [-0.2, 0) is 0 Å². The molecule has 1 aromatic rings. The van der Waals surface area contributed by atoms with Crippen molar-refractivity contribution in [1.29, 1.82) is 0 Å². The summed E-state index contributed by atoms with van der Waals surface area (Å²) in [7, 11) is 0. The number of rotatable bonds is 2. The van der Waals surface area contributed by atoms with Crippen molar-refractivity contribution in [2.75, 3.05) is 11.9 Å². The molecule has 0 saturated carbocycles. The predicted molar refractivity (Wildman–Crippen MR) is 59.5 cm³/mol. The Balaban J connectivity index is 2.42. The molecule has 0 radical (unpaired) electrons. The van der Waals surface area contributed by atoms with E-state index in [1.807, 2.05) is 30.3 Å². The van der Waals surface area contributed by atoms with Gasteiger partial charge in [0.2, 0.25) is 0 Å². The Morgan fingerprint density at radius 1 is 1.38 bits per heavy atom. The summed E-state index contributed by atoms with van der Waals surface area (Å²) in [6.45, 7) is 0.443. The molecule has 1 aromatic carbocycles. The van der Waals surface area contributed by atoms with Gasteiger partial charge in [0.15, 0.2) is 5.11 Å². The van der Waals surface area contributed by atoms with Crippen LogP contribution in [0, 0.1) is 12.3 Å². The maximum Gasteiger partial charge on any atom is 0.171 e. The summed E-state index contributed by atoms with van der Waals surface area (Å²) in [5, 5.41) is 6.41. The van der Waals surface area contributed by atoms with Crippen molar-refractivity contribution in [1.82, 2.24) is 5.32 Å². The molecule has 0 saturated heterocycles. The second kappa shape index (κ2) is 5.18. The number of anilines is 1. The maximum atomic E-state index is 5.07. The summed E-state index contributed by atoms with van der Waals surface area (Å²) in [5.74, 6) is 2.45. The van der Waals surface area contributed by atoms with Crippen LogP contribution in [-0.4, -0.2) is 11.7 Å². The van der Waals surface area contributed by atoms with Gasteiger partial charge in [-0.2, -0.15) is 0 Å². The zero-order valence-corrected chi connectivity index (χ0v) is 7.90. The van der Waals surface area contributed by atoms with Gasteiger partial charge < -0.3 is 10.6 Å². The first-order chi connectivity index (χ1) is 6.33. The van der Waals surface area contributed by atoms with Crippen molar-refractivity contribution in [3.8, 4) is 12.3 Å². The standard InChI is InChI=1S/C10H10N2S/c1-2-8-11-10(13)12-9-6-4-3-5-7-9/h1,3-7H,8H2,(H2,11,12,13). The summed E-state index contributed by atoms with van der Waals surface area (Å²) in [4.78, 5) is 0. The molecular formula is C10H10N2S. The molecular weight excluding hydrogens is 180 g/mol. The molecule has 1 rings (SSSR count). The van der Waals surface area contributed by atoms with Crippen LogP contribution in [0.3, 0.4) is 0 Å². The van der Waals surface area contributed by atoms with E-state index in [9.17, 15) is 0 Å². The third-order valence-electron chi connectivity index (χ3n) is 1.38. The number of hydrogen-bond acceptors (Lipinski definition) is 1. The Hall–Kier alpha value is -1.53. The van der Waals surface area contributed by atoms with Crippen LogP contribution in [0.2, 0.25) is 0 Å². The van der Waals surface area contributed by atoms with E-state index in [0.29, 0.717) is 11.7 Å². The number of benzene rings is 1. The van der Waals surface area contributed by atoms with Gasteiger partial charge in [0, 0.05) is 5.69 Å². The lowest BCUT2D eigenvalue weighted by molar-refractivity contribution is 1.09. The minimum Gasteiger partial charge on any atom is -0.352 e. The average Bonchev–Trinajstić information content (AvgIpc) is 2.16. The molecule has 0 atom stereocenters. The van der Waals surface area contributed by atoms with Gasteiger partial charge in [-0.15, -0.1) is 6.42 Å². The molecule has 66 valence electrons. The van der Waals surface area contributed by atoms with Gasteiger partial charge in [-0.3, -0.25) is 0 Å². The Morgan fingerprint density at radius 3 is 2.69 bits per heavy atom. The van der Waals surface area contributed by atoms with Gasteiger partial charge >= 0.3 is 0 Å². The Bertz CT molecular complexity index is 313. The van der Waals surface area contributed by atoms with E-state index in [2.05, 4.69) is 16.6 Å². The SMILES string of the molecule is C#CCNC(=S)Nc1ccccc1. The van der Waals surface area contributed by atoms with E-state index in [4.69, 9.17) is 18.6 Å². The Labute approximate surface area is 83.3 Å². The third-order valence-corrected chi connectivity index (χ3v) is 1.63. The monoisotopic (exact) mass is 190 g/mol. The van der Waals surface area contributed by atoms with Crippen LogP contribution >= 0.6 is 12.2 Å². The molecule has 2 nitrogen and oxygen atoms in total. The lowest BCUT2D eigenvalue weighted by atomic mass is 10.3. The zero-order valence-electron chi connectivity index (χ0n) is 7.08. The first-order valence-corrected chi connectivity index (χ1v) is 4.27. The lowest BCUT2D eigenvalue weighted by Gasteiger charge is -2.07. The number of hydrogen-bond donors (Lipinski definition) is 2. The molecule has 3 heteroatoms. The van der Waals surface area contributed by atoms with Crippen molar-refractivity contribution in [3.05, 3.63) is 30.3 Å². The molecule has 2 N–H and O–H groups in total. The first-order valence-electron chi connectivity index (χ1n) is 3.86. The van der Waals surface area contributed by atoms with E-state index in [-0.39, 0.29) is 0 Å². The van der Waals surface area contributed by atoms with Crippen molar-refractivity contribution < 1.29 is 0 Å². The smallest absolute Gasteiger partial charge is 0.171 e. The molecule has 0 amide bonds. The molecule has 0 unspecified atom stereocenters. The fourth-order valence-electron chi connectivity index (χ4n) is 0.828. The van der Waals surface area contributed by atoms with Crippen LogP contribution in [0.5, 0.6) is 0 Å². The van der Waals surface area contributed by atoms with Crippen LogP contribution in [0.15, 0.2) is 30.3 Å². The average molecular weight is 190 g/mol. The van der Waals surface area contributed by atoms with Gasteiger partial charge in [0.1, 0.15) is 0 Å². The lowest BCUT2D eigenvalue weighted by Crippen LogP contribution is -2.28. The molecule has 13 heavy (non-hydrogen) atoms. The fourth-order valence-corrected chi connectivity index (χ4v) is 1.02. The van der Waals surface area contributed by atoms with Gasteiger partial charge in [-0.25, -0.2) is 0 Å². The third kappa shape index (κ3) is 3.59. The van der Waals surface area contributed by atoms with Crippen LogP contribution in [0.4, 0.5) is 5.69 Å². The van der Waals surface area contributed by atoms with E-state index < -0.39 is 0 Å². The largest absolute Gasteiger partial charge is 0.352 e. The second-order valence-electron chi connectivity index (χ2n) is 2.38. The van der Waals surface area contributed by atoms with Crippen molar-refractivity contribution in [3.63, 3.8) is 0 Å². The topological polar surface area (TPSA) is 24.1 Å². The van der Waals surface area contributed by atoms with E-state index in [0.717, 1.165) is 5.69 Å². The molecule has 0 aliphatic carbocycles. The molecule has 0 aliphatic rings.